The lowest BCUT2D eigenvalue weighted by atomic mass is 10.1. The quantitative estimate of drug-likeness (QED) is 0.543. The van der Waals surface area contributed by atoms with Gasteiger partial charge in [0.15, 0.2) is 0 Å². The normalized spacial score (nSPS) is 18.0. The van der Waals surface area contributed by atoms with Crippen LogP contribution in [0.15, 0.2) is 29.3 Å². The standard InChI is InChI=1S/C20H27Cl2N7/c1-4-29-9-5-6-15(12-29)25-18-10-13(2)24-20(27-18)28(3)19(23)26-14-7-8-16(21)17(22)11-14/h7-8,10-11,15H,4-6,9,12H2,1-3H3,(H2,23,26)(H,24,25,27). The Balaban J connectivity index is 1.77. The Morgan fingerprint density at radius 2 is 2.10 bits per heavy atom. The fraction of sp³-hybridized carbons (Fsp3) is 0.450. The Bertz CT molecular complexity index is 887. The number of likely N-dealkylation sites (N-methyl/N-ethyl adjacent to an activating group) is 1. The second-order valence-electron chi connectivity index (χ2n) is 7.20. The first-order valence-electron chi connectivity index (χ1n) is 9.73. The molecule has 9 heteroatoms. The van der Waals surface area contributed by atoms with Crippen LogP contribution in [0.1, 0.15) is 25.5 Å². The number of halogens is 2. The molecular weight excluding hydrogens is 409 g/mol. The van der Waals surface area contributed by atoms with Crippen LogP contribution in [-0.2, 0) is 0 Å². The van der Waals surface area contributed by atoms with Crippen molar-refractivity contribution in [3.05, 3.63) is 40.0 Å². The zero-order valence-electron chi connectivity index (χ0n) is 17.0. The maximum atomic E-state index is 6.18. The minimum Gasteiger partial charge on any atom is -0.369 e. The van der Waals surface area contributed by atoms with Crippen molar-refractivity contribution < 1.29 is 0 Å². The van der Waals surface area contributed by atoms with Crippen LogP contribution in [0, 0.1) is 6.92 Å². The molecule has 1 saturated heterocycles. The van der Waals surface area contributed by atoms with Crippen molar-refractivity contribution in [3.63, 3.8) is 0 Å². The number of nitrogens with one attached hydrogen (secondary N) is 1. The van der Waals surface area contributed by atoms with E-state index in [-0.39, 0.29) is 5.96 Å². The second kappa shape index (κ2) is 9.61. The molecule has 0 radical (unpaired) electrons. The van der Waals surface area contributed by atoms with Gasteiger partial charge < -0.3 is 16.0 Å². The molecule has 156 valence electrons. The van der Waals surface area contributed by atoms with Gasteiger partial charge in [0.2, 0.25) is 11.9 Å². The topological polar surface area (TPSA) is 82.7 Å². The van der Waals surface area contributed by atoms with Gasteiger partial charge in [-0.15, -0.1) is 0 Å². The number of aromatic nitrogens is 2. The van der Waals surface area contributed by atoms with E-state index in [1.54, 1.807) is 30.1 Å². The van der Waals surface area contributed by atoms with Crippen LogP contribution in [0.3, 0.4) is 0 Å². The molecule has 1 aliphatic heterocycles. The average molecular weight is 436 g/mol. The van der Waals surface area contributed by atoms with Gasteiger partial charge >= 0.3 is 0 Å². The molecule has 2 heterocycles. The molecule has 0 spiro atoms. The third kappa shape index (κ3) is 5.72. The van der Waals surface area contributed by atoms with E-state index in [9.17, 15) is 0 Å². The predicted octanol–water partition coefficient (Wildman–Crippen LogP) is 4.07. The van der Waals surface area contributed by atoms with Crippen molar-refractivity contribution in [2.24, 2.45) is 10.7 Å². The summed E-state index contributed by atoms with van der Waals surface area (Å²) in [5.41, 5.74) is 7.65. The molecule has 3 N–H and O–H groups in total. The van der Waals surface area contributed by atoms with Crippen molar-refractivity contribution in [2.75, 3.05) is 36.9 Å². The number of guanidine groups is 1. The molecule has 7 nitrogen and oxygen atoms in total. The van der Waals surface area contributed by atoms with Crippen molar-refractivity contribution >= 4 is 46.6 Å². The van der Waals surface area contributed by atoms with Gasteiger partial charge in [-0.3, -0.25) is 4.90 Å². The van der Waals surface area contributed by atoms with Crippen LogP contribution in [0.2, 0.25) is 10.0 Å². The fourth-order valence-electron chi connectivity index (χ4n) is 3.31. The van der Waals surface area contributed by atoms with Crippen molar-refractivity contribution in [2.45, 2.75) is 32.7 Å². The molecule has 29 heavy (non-hydrogen) atoms. The van der Waals surface area contributed by atoms with Crippen molar-refractivity contribution in [3.8, 4) is 0 Å². The molecule has 2 aromatic rings. The summed E-state index contributed by atoms with van der Waals surface area (Å²) in [7, 11) is 1.79. The molecule has 1 fully saturated rings. The number of likely N-dealkylation sites (tertiary alicyclic amines) is 1. The van der Waals surface area contributed by atoms with E-state index in [0.29, 0.717) is 27.7 Å². The SMILES string of the molecule is CCN1CCCC(Nc2cc(C)nc(N(C)C(N)=Nc3ccc(Cl)c(Cl)c3)n2)C1. The number of hydrogen-bond acceptors (Lipinski definition) is 5. The second-order valence-corrected chi connectivity index (χ2v) is 8.01. The summed E-state index contributed by atoms with van der Waals surface area (Å²) < 4.78 is 0. The number of nitrogens with zero attached hydrogens (tertiary/aromatic N) is 5. The van der Waals surface area contributed by atoms with Gasteiger partial charge in [-0.2, -0.15) is 4.98 Å². The summed E-state index contributed by atoms with van der Waals surface area (Å²) in [4.78, 5) is 17.7. The highest BCUT2D eigenvalue weighted by atomic mass is 35.5. The van der Waals surface area contributed by atoms with Gasteiger partial charge in [-0.05, 0) is 51.1 Å². The molecular formula is C20H27Cl2N7. The third-order valence-corrected chi connectivity index (χ3v) is 5.68. The van der Waals surface area contributed by atoms with E-state index in [4.69, 9.17) is 28.9 Å². The van der Waals surface area contributed by atoms with Crippen molar-refractivity contribution in [1.82, 2.24) is 14.9 Å². The number of piperidine rings is 1. The first kappa shape index (κ1) is 21.6. The van der Waals surface area contributed by atoms with Gasteiger partial charge in [0.05, 0.1) is 15.7 Å². The Kier molecular flexibility index (Phi) is 7.16. The number of rotatable bonds is 5. The van der Waals surface area contributed by atoms with Gasteiger partial charge in [0, 0.05) is 31.4 Å². The summed E-state index contributed by atoms with van der Waals surface area (Å²) >= 11 is 12.0. The fourth-order valence-corrected chi connectivity index (χ4v) is 3.60. The maximum absolute atomic E-state index is 6.18. The van der Waals surface area contributed by atoms with E-state index in [1.165, 1.54) is 6.42 Å². The number of aryl methyl sites for hydroxylation is 1. The molecule has 1 aromatic heterocycles. The molecule has 1 atom stereocenters. The van der Waals surface area contributed by atoms with E-state index >= 15 is 0 Å². The van der Waals surface area contributed by atoms with Crippen LogP contribution >= 0.6 is 23.2 Å². The Hall–Kier alpha value is -2.09. The van der Waals surface area contributed by atoms with Crippen LogP contribution < -0.4 is 16.0 Å². The van der Waals surface area contributed by atoms with Crippen LogP contribution in [0.5, 0.6) is 0 Å². The summed E-state index contributed by atoms with van der Waals surface area (Å²) in [6, 6.07) is 7.43. The summed E-state index contributed by atoms with van der Waals surface area (Å²) in [6.45, 7) is 7.38. The van der Waals surface area contributed by atoms with E-state index in [2.05, 4.69) is 32.1 Å². The highest BCUT2D eigenvalue weighted by Crippen LogP contribution is 2.27. The number of aliphatic imine (C=N–C) groups is 1. The zero-order valence-corrected chi connectivity index (χ0v) is 18.5. The van der Waals surface area contributed by atoms with Crippen LogP contribution in [0.4, 0.5) is 17.5 Å². The van der Waals surface area contributed by atoms with Crippen LogP contribution in [-0.4, -0.2) is 53.6 Å². The van der Waals surface area contributed by atoms with Gasteiger partial charge in [0.1, 0.15) is 5.82 Å². The highest BCUT2D eigenvalue weighted by molar-refractivity contribution is 6.42. The third-order valence-electron chi connectivity index (χ3n) is 4.94. The largest absolute Gasteiger partial charge is 0.369 e. The molecule has 0 aliphatic carbocycles. The molecule has 0 amide bonds. The summed E-state index contributed by atoms with van der Waals surface area (Å²) in [6.07, 6.45) is 2.32. The van der Waals surface area contributed by atoms with Crippen LogP contribution in [0.25, 0.3) is 0 Å². The molecule has 0 bridgehead atoms. The monoisotopic (exact) mass is 435 g/mol. The maximum Gasteiger partial charge on any atom is 0.234 e. The molecule has 1 aromatic carbocycles. The average Bonchev–Trinajstić information content (AvgIpc) is 2.69. The van der Waals surface area contributed by atoms with Gasteiger partial charge in [-0.1, -0.05) is 30.1 Å². The zero-order chi connectivity index (χ0) is 21.0. The molecule has 1 aliphatic rings. The Morgan fingerprint density at radius 1 is 1.31 bits per heavy atom. The van der Waals surface area contributed by atoms with Gasteiger partial charge in [-0.25, -0.2) is 9.98 Å². The summed E-state index contributed by atoms with van der Waals surface area (Å²) in [5, 5.41) is 4.45. The summed E-state index contributed by atoms with van der Waals surface area (Å²) in [5.74, 6) is 1.54. The van der Waals surface area contributed by atoms with E-state index in [1.807, 2.05) is 13.0 Å². The number of nitrogens with two attached hydrogens (primary N) is 1. The molecule has 0 saturated carbocycles. The minimum absolute atomic E-state index is 0.259. The lowest BCUT2D eigenvalue weighted by Gasteiger charge is -2.32. The number of anilines is 2. The minimum atomic E-state index is 0.259. The molecule has 3 rings (SSSR count). The number of benzene rings is 1. The van der Waals surface area contributed by atoms with E-state index < -0.39 is 0 Å². The van der Waals surface area contributed by atoms with Gasteiger partial charge in [0.25, 0.3) is 0 Å². The number of hydrogen-bond donors (Lipinski definition) is 2. The molecule has 1 unspecified atom stereocenters. The smallest absolute Gasteiger partial charge is 0.234 e. The van der Waals surface area contributed by atoms with E-state index in [0.717, 1.165) is 37.6 Å². The van der Waals surface area contributed by atoms with Crippen molar-refractivity contribution in [1.29, 1.82) is 0 Å². The first-order chi connectivity index (χ1) is 13.9. The highest BCUT2D eigenvalue weighted by Gasteiger charge is 2.20. The Labute approximate surface area is 181 Å². The lowest BCUT2D eigenvalue weighted by molar-refractivity contribution is 0.226. The predicted molar refractivity (Wildman–Crippen MR) is 122 cm³/mol. The first-order valence-corrected chi connectivity index (χ1v) is 10.5. The lowest BCUT2D eigenvalue weighted by Crippen LogP contribution is -2.42. The Morgan fingerprint density at radius 3 is 2.83 bits per heavy atom.